The first kappa shape index (κ1) is 20.9. The maximum absolute atomic E-state index is 12.3. The number of carboxylic acids is 1. The number of carboxylic acid groups (broad SMARTS) is 1. The van der Waals surface area contributed by atoms with Crippen LogP contribution in [0.4, 0.5) is 4.79 Å². The van der Waals surface area contributed by atoms with Crippen molar-refractivity contribution in [3.8, 4) is 16.9 Å². The molecule has 1 amide bonds. The molecule has 0 bridgehead atoms. The molecule has 3 aromatic carbocycles. The molecule has 0 saturated carbocycles. The Bertz CT molecular complexity index is 1080. The van der Waals surface area contributed by atoms with Gasteiger partial charge in [-0.2, -0.15) is 0 Å². The van der Waals surface area contributed by atoms with Gasteiger partial charge in [0.2, 0.25) is 0 Å². The van der Waals surface area contributed by atoms with E-state index in [1.54, 1.807) is 12.1 Å². The van der Waals surface area contributed by atoms with Crippen LogP contribution in [0.3, 0.4) is 0 Å². The zero-order valence-electron chi connectivity index (χ0n) is 16.5. The quantitative estimate of drug-likeness (QED) is 0.498. The first-order valence-electron chi connectivity index (χ1n) is 9.74. The van der Waals surface area contributed by atoms with Gasteiger partial charge in [0.1, 0.15) is 12.4 Å². The average molecular weight is 482 g/mol. The van der Waals surface area contributed by atoms with E-state index >= 15 is 0 Å². The van der Waals surface area contributed by atoms with Crippen LogP contribution < -0.4 is 10.1 Å². The third-order valence-electron chi connectivity index (χ3n) is 5.07. The summed E-state index contributed by atoms with van der Waals surface area (Å²) >= 11 is 3.36. The lowest BCUT2D eigenvalue weighted by molar-refractivity contribution is -0.139. The molecule has 4 rings (SSSR count). The fraction of sp³-hybridized carbons (Fsp3) is 0.167. The minimum Gasteiger partial charge on any atom is -0.482 e. The molecule has 0 aliphatic heterocycles. The molecule has 0 aromatic heterocycles. The van der Waals surface area contributed by atoms with E-state index in [0.717, 1.165) is 21.2 Å². The maximum atomic E-state index is 12.3. The lowest BCUT2D eigenvalue weighted by Gasteiger charge is -2.15. The van der Waals surface area contributed by atoms with Gasteiger partial charge in [-0.3, -0.25) is 0 Å². The Balaban J connectivity index is 1.37. The monoisotopic (exact) mass is 481 g/mol. The summed E-state index contributed by atoms with van der Waals surface area (Å²) in [5.41, 5.74) is 5.42. The van der Waals surface area contributed by atoms with Crippen LogP contribution >= 0.6 is 15.9 Å². The number of nitrogens with one attached hydrogen (secondary N) is 1. The Hall–Kier alpha value is -3.32. The Kier molecular flexibility index (Phi) is 6.23. The van der Waals surface area contributed by atoms with Gasteiger partial charge >= 0.3 is 12.1 Å². The van der Waals surface area contributed by atoms with Crippen molar-refractivity contribution in [3.05, 3.63) is 87.9 Å². The molecule has 31 heavy (non-hydrogen) atoms. The Morgan fingerprint density at radius 1 is 0.968 bits per heavy atom. The summed E-state index contributed by atoms with van der Waals surface area (Å²) in [7, 11) is 0. The van der Waals surface area contributed by atoms with Crippen molar-refractivity contribution >= 4 is 28.0 Å². The molecule has 6 nitrogen and oxygen atoms in total. The highest BCUT2D eigenvalue weighted by Crippen LogP contribution is 2.44. The molecule has 1 aliphatic carbocycles. The minimum absolute atomic E-state index is 0.0000380. The zero-order valence-corrected chi connectivity index (χ0v) is 18.1. The molecule has 2 N–H and O–H groups in total. The van der Waals surface area contributed by atoms with E-state index in [0.29, 0.717) is 5.75 Å². The summed E-state index contributed by atoms with van der Waals surface area (Å²) < 4.78 is 11.5. The second kappa shape index (κ2) is 9.22. The largest absolute Gasteiger partial charge is 0.482 e. The van der Waals surface area contributed by atoms with Crippen LogP contribution in [0.1, 0.15) is 22.6 Å². The Labute approximate surface area is 187 Å². The number of carbonyl (C=O) groups is 2. The fourth-order valence-corrected chi connectivity index (χ4v) is 4.29. The Morgan fingerprint density at radius 2 is 1.61 bits per heavy atom. The summed E-state index contributed by atoms with van der Waals surface area (Å²) in [6.45, 7) is 0.0283. The number of hydrogen-bond donors (Lipinski definition) is 2. The van der Waals surface area contributed by atoms with Gasteiger partial charge in [-0.25, -0.2) is 9.59 Å². The standard InChI is InChI=1S/C24H20BrNO5/c25-16-9-15(10-17(11-16)30-14-23(27)28)12-26-24(29)31-13-22-20-7-3-1-5-18(20)19-6-2-4-8-21(19)22/h1-11,22H,12-14H2,(H,26,29)(H,27,28). The van der Waals surface area contributed by atoms with Crippen LogP contribution in [0.2, 0.25) is 0 Å². The first-order valence-corrected chi connectivity index (χ1v) is 10.5. The van der Waals surface area contributed by atoms with Crippen LogP contribution in [-0.2, 0) is 16.1 Å². The van der Waals surface area contributed by atoms with E-state index in [1.165, 1.54) is 11.1 Å². The Morgan fingerprint density at radius 3 is 2.26 bits per heavy atom. The van der Waals surface area contributed by atoms with Gasteiger partial charge in [-0.1, -0.05) is 64.5 Å². The maximum Gasteiger partial charge on any atom is 0.407 e. The molecule has 0 spiro atoms. The van der Waals surface area contributed by atoms with Crippen LogP contribution in [0.25, 0.3) is 11.1 Å². The number of rotatable bonds is 7. The fourth-order valence-electron chi connectivity index (χ4n) is 3.77. The molecule has 158 valence electrons. The molecule has 1 aliphatic rings. The van der Waals surface area contributed by atoms with Crippen LogP contribution in [0, 0.1) is 0 Å². The van der Waals surface area contributed by atoms with Crippen LogP contribution in [0.15, 0.2) is 71.2 Å². The van der Waals surface area contributed by atoms with Crippen molar-refractivity contribution in [2.24, 2.45) is 0 Å². The van der Waals surface area contributed by atoms with Gasteiger partial charge in [0, 0.05) is 16.9 Å². The highest BCUT2D eigenvalue weighted by Gasteiger charge is 2.28. The third kappa shape index (κ3) is 4.88. The number of amides is 1. The van der Waals surface area contributed by atoms with Gasteiger partial charge < -0.3 is 19.9 Å². The highest BCUT2D eigenvalue weighted by atomic mass is 79.9. The number of halogens is 1. The molecular formula is C24H20BrNO5. The second-order valence-electron chi connectivity index (χ2n) is 7.16. The summed E-state index contributed by atoms with van der Waals surface area (Å²) in [6, 6.07) is 21.5. The molecule has 0 heterocycles. The summed E-state index contributed by atoms with van der Waals surface area (Å²) in [5, 5.41) is 11.5. The predicted octanol–water partition coefficient (Wildman–Crippen LogP) is 4.95. The summed E-state index contributed by atoms with van der Waals surface area (Å²) in [6.07, 6.45) is -0.519. The number of alkyl carbamates (subject to hydrolysis) is 1. The second-order valence-corrected chi connectivity index (χ2v) is 8.07. The van der Waals surface area contributed by atoms with E-state index < -0.39 is 18.7 Å². The van der Waals surface area contributed by atoms with Gasteiger partial charge in [-0.15, -0.1) is 0 Å². The molecule has 0 unspecified atom stereocenters. The normalized spacial score (nSPS) is 12.0. The zero-order chi connectivity index (χ0) is 21.8. The number of fused-ring (bicyclic) bond motifs is 3. The van der Waals surface area contributed by atoms with Crippen molar-refractivity contribution < 1.29 is 24.2 Å². The van der Waals surface area contributed by atoms with Crippen molar-refractivity contribution in [1.82, 2.24) is 5.32 Å². The van der Waals surface area contributed by atoms with E-state index in [4.69, 9.17) is 14.6 Å². The summed E-state index contributed by atoms with van der Waals surface area (Å²) in [4.78, 5) is 23.0. The predicted molar refractivity (Wildman–Crippen MR) is 119 cm³/mol. The van der Waals surface area contributed by atoms with Crippen LogP contribution in [-0.4, -0.2) is 30.4 Å². The number of aliphatic carboxylic acids is 1. The number of carbonyl (C=O) groups excluding carboxylic acids is 1. The summed E-state index contributed by atoms with van der Waals surface area (Å²) in [5.74, 6) is -0.653. The molecule has 7 heteroatoms. The molecule has 0 atom stereocenters. The first-order chi connectivity index (χ1) is 15.0. The topological polar surface area (TPSA) is 84.9 Å². The number of hydrogen-bond acceptors (Lipinski definition) is 4. The lowest BCUT2D eigenvalue weighted by Crippen LogP contribution is -2.25. The van der Waals surface area contributed by atoms with E-state index in [2.05, 4.69) is 45.5 Å². The van der Waals surface area contributed by atoms with Crippen LogP contribution in [0.5, 0.6) is 5.75 Å². The molecular weight excluding hydrogens is 462 g/mol. The van der Waals surface area contributed by atoms with E-state index in [1.807, 2.05) is 30.3 Å². The molecule has 0 radical (unpaired) electrons. The van der Waals surface area contributed by atoms with E-state index in [-0.39, 0.29) is 19.1 Å². The molecule has 0 fully saturated rings. The SMILES string of the molecule is O=C(O)COc1cc(Br)cc(CNC(=O)OCC2c3ccccc3-c3ccccc32)c1. The minimum atomic E-state index is -1.06. The van der Waals surface area contributed by atoms with Crippen molar-refractivity contribution in [1.29, 1.82) is 0 Å². The molecule has 0 saturated heterocycles. The van der Waals surface area contributed by atoms with Crippen molar-refractivity contribution in [2.45, 2.75) is 12.5 Å². The lowest BCUT2D eigenvalue weighted by atomic mass is 9.98. The van der Waals surface area contributed by atoms with E-state index in [9.17, 15) is 9.59 Å². The van der Waals surface area contributed by atoms with Gasteiger partial charge in [0.25, 0.3) is 0 Å². The highest BCUT2D eigenvalue weighted by molar-refractivity contribution is 9.10. The number of benzene rings is 3. The number of ether oxygens (including phenoxy) is 2. The average Bonchev–Trinajstić information content (AvgIpc) is 3.08. The van der Waals surface area contributed by atoms with Gasteiger partial charge in [-0.05, 0) is 46.0 Å². The van der Waals surface area contributed by atoms with Crippen molar-refractivity contribution in [2.75, 3.05) is 13.2 Å². The van der Waals surface area contributed by atoms with Gasteiger partial charge in [0.15, 0.2) is 6.61 Å². The molecule has 3 aromatic rings. The van der Waals surface area contributed by atoms with Crippen molar-refractivity contribution in [3.63, 3.8) is 0 Å². The smallest absolute Gasteiger partial charge is 0.407 e. The van der Waals surface area contributed by atoms with Gasteiger partial charge in [0.05, 0.1) is 0 Å². The third-order valence-corrected chi connectivity index (χ3v) is 5.53.